The van der Waals surface area contributed by atoms with E-state index in [2.05, 4.69) is 43.5 Å². The summed E-state index contributed by atoms with van der Waals surface area (Å²) < 4.78 is 5.15. The third-order valence-corrected chi connectivity index (χ3v) is 3.68. The van der Waals surface area contributed by atoms with Crippen LogP contribution in [0.25, 0.3) is 0 Å². The Kier molecular flexibility index (Phi) is 5.63. The van der Waals surface area contributed by atoms with Crippen molar-refractivity contribution in [2.45, 2.75) is 27.2 Å². The van der Waals surface area contributed by atoms with Gasteiger partial charge in [-0.05, 0) is 44.0 Å². The van der Waals surface area contributed by atoms with Crippen LogP contribution in [0, 0.1) is 20.8 Å². The van der Waals surface area contributed by atoms with Crippen LogP contribution in [0.4, 0.5) is 11.4 Å². The molecule has 0 fully saturated rings. The van der Waals surface area contributed by atoms with Crippen LogP contribution < -0.4 is 15.4 Å². The second-order valence-corrected chi connectivity index (χ2v) is 5.73. The molecule has 2 aromatic carbocycles. The summed E-state index contributed by atoms with van der Waals surface area (Å²) in [6, 6.07) is 11.6. The second-order valence-electron chi connectivity index (χ2n) is 5.73. The Morgan fingerprint density at radius 2 is 1.78 bits per heavy atom. The van der Waals surface area contributed by atoms with E-state index >= 15 is 0 Å². The van der Waals surface area contributed by atoms with Crippen molar-refractivity contribution in [3.8, 4) is 5.75 Å². The highest BCUT2D eigenvalue weighted by Crippen LogP contribution is 2.22. The van der Waals surface area contributed by atoms with Crippen LogP contribution in [0.5, 0.6) is 5.75 Å². The van der Waals surface area contributed by atoms with Crippen molar-refractivity contribution < 1.29 is 9.53 Å². The average Bonchev–Trinajstić information content (AvgIpc) is 2.50. The Hall–Kier alpha value is -2.49. The monoisotopic (exact) mass is 312 g/mol. The highest BCUT2D eigenvalue weighted by atomic mass is 16.5. The lowest BCUT2D eigenvalue weighted by Gasteiger charge is -2.14. The van der Waals surface area contributed by atoms with Crippen LogP contribution in [0.3, 0.4) is 0 Å². The van der Waals surface area contributed by atoms with E-state index in [9.17, 15) is 4.79 Å². The Balaban J connectivity index is 1.88. The molecular weight excluding hydrogens is 288 g/mol. The van der Waals surface area contributed by atoms with Gasteiger partial charge >= 0.3 is 0 Å². The molecule has 0 aromatic heterocycles. The summed E-state index contributed by atoms with van der Waals surface area (Å²) in [5.74, 6) is 0.708. The lowest BCUT2D eigenvalue weighted by Crippen LogP contribution is -2.17. The minimum absolute atomic E-state index is 0.0202. The zero-order valence-electron chi connectivity index (χ0n) is 14.2. The van der Waals surface area contributed by atoms with Gasteiger partial charge in [-0.1, -0.05) is 23.8 Å². The lowest BCUT2D eigenvalue weighted by molar-refractivity contribution is -0.115. The third kappa shape index (κ3) is 4.74. The number of carbonyl (C=O) groups is 1. The van der Waals surface area contributed by atoms with E-state index in [1.54, 1.807) is 13.2 Å². The van der Waals surface area contributed by atoms with Gasteiger partial charge in [0.15, 0.2) is 0 Å². The molecule has 0 unspecified atom stereocenters. The fraction of sp³-hybridized carbons (Fsp3) is 0.316. The number of aryl methyl sites for hydroxylation is 3. The number of benzene rings is 2. The van der Waals surface area contributed by atoms with E-state index in [1.165, 1.54) is 16.7 Å². The molecule has 0 radical (unpaired) electrons. The highest BCUT2D eigenvalue weighted by molar-refractivity contribution is 5.91. The molecule has 0 saturated carbocycles. The predicted octanol–water partition coefficient (Wildman–Crippen LogP) is 4.06. The highest BCUT2D eigenvalue weighted by Gasteiger charge is 2.06. The summed E-state index contributed by atoms with van der Waals surface area (Å²) in [6.07, 6.45) is 0.407. The fourth-order valence-corrected chi connectivity index (χ4v) is 2.68. The Morgan fingerprint density at radius 1 is 1.09 bits per heavy atom. The largest absolute Gasteiger partial charge is 0.497 e. The van der Waals surface area contributed by atoms with Crippen molar-refractivity contribution >= 4 is 17.3 Å². The maximum absolute atomic E-state index is 12.0. The van der Waals surface area contributed by atoms with E-state index in [0.29, 0.717) is 13.0 Å². The number of ether oxygens (including phenoxy) is 1. The number of nitrogens with one attached hydrogen (secondary N) is 2. The van der Waals surface area contributed by atoms with Crippen molar-refractivity contribution in [2.24, 2.45) is 0 Å². The van der Waals surface area contributed by atoms with E-state index in [4.69, 9.17) is 4.74 Å². The SMILES string of the molecule is COc1cccc(NC(=O)CCNc2c(C)cc(C)cc2C)c1. The van der Waals surface area contributed by atoms with E-state index < -0.39 is 0 Å². The molecule has 0 aliphatic rings. The summed E-state index contributed by atoms with van der Waals surface area (Å²) in [4.78, 5) is 12.0. The first-order chi connectivity index (χ1) is 11.0. The number of methoxy groups -OCH3 is 1. The molecule has 1 amide bonds. The van der Waals surface area contributed by atoms with Crippen molar-refractivity contribution in [3.05, 3.63) is 53.1 Å². The van der Waals surface area contributed by atoms with E-state index in [-0.39, 0.29) is 5.91 Å². The van der Waals surface area contributed by atoms with Crippen molar-refractivity contribution in [3.63, 3.8) is 0 Å². The topological polar surface area (TPSA) is 50.4 Å². The Labute approximate surface area is 137 Å². The molecule has 0 heterocycles. The number of amides is 1. The van der Waals surface area contributed by atoms with Crippen molar-refractivity contribution in [1.29, 1.82) is 0 Å². The molecular formula is C19H24N2O2. The molecule has 4 heteroatoms. The van der Waals surface area contributed by atoms with E-state index in [1.807, 2.05) is 18.2 Å². The number of carbonyl (C=O) groups excluding carboxylic acids is 1. The van der Waals surface area contributed by atoms with Crippen LogP contribution in [0.15, 0.2) is 36.4 Å². The number of hydrogen-bond donors (Lipinski definition) is 2. The van der Waals surface area contributed by atoms with Gasteiger partial charge in [0.2, 0.25) is 5.91 Å². The molecule has 0 saturated heterocycles. The molecule has 2 rings (SSSR count). The normalized spacial score (nSPS) is 10.3. The number of anilines is 2. The molecule has 23 heavy (non-hydrogen) atoms. The van der Waals surface area contributed by atoms with Crippen LogP contribution >= 0.6 is 0 Å². The van der Waals surface area contributed by atoms with Gasteiger partial charge in [0.05, 0.1) is 7.11 Å². The van der Waals surface area contributed by atoms with Gasteiger partial charge in [0, 0.05) is 30.4 Å². The van der Waals surface area contributed by atoms with Crippen LogP contribution in [-0.2, 0) is 4.79 Å². The molecule has 2 aromatic rings. The van der Waals surface area contributed by atoms with Crippen LogP contribution in [0.1, 0.15) is 23.1 Å². The summed E-state index contributed by atoms with van der Waals surface area (Å²) in [5, 5.41) is 6.24. The quantitative estimate of drug-likeness (QED) is 0.845. The van der Waals surface area contributed by atoms with Crippen molar-refractivity contribution in [2.75, 3.05) is 24.3 Å². The summed E-state index contributed by atoms with van der Waals surface area (Å²) >= 11 is 0. The number of hydrogen-bond acceptors (Lipinski definition) is 3. The minimum atomic E-state index is -0.0202. The third-order valence-electron chi connectivity index (χ3n) is 3.68. The maximum Gasteiger partial charge on any atom is 0.226 e. The van der Waals surface area contributed by atoms with Crippen molar-refractivity contribution in [1.82, 2.24) is 0 Å². The smallest absolute Gasteiger partial charge is 0.226 e. The van der Waals surface area contributed by atoms with Gasteiger partial charge in [-0.25, -0.2) is 0 Å². The molecule has 2 N–H and O–H groups in total. The summed E-state index contributed by atoms with van der Waals surface area (Å²) in [6.45, 7) is 6.85. The van der Waals surface area contributed by atoms with Crippen LogP contribution in [0.2, 0.25) is 0 Å². The minimum Gasteiger partial charge on any atom is -0.497 e. The molecule has 0 spiro atoms. The molecule has 0 atom stereocenters. The molecule has 0 aliphatic carbocycles. The maximum atomic E-state index is 12.0. The van der Waals surface area contributed by atoms with E-state index in [0.717, 1.165) is 17.1 Å². The lowest BCUT2D eigenvalue weighted by atomic mass is 10.1. The van der Waals surface area contributed by atoms with Gasteiger partial charge < -0.3 is 15.4 Å². The van der Waals surface area contributed by atoms with Gasteiger partial charge in [-0.2, -0.15) is 0 Å². The summed E-state index contributed by atoms with van der Waals surface area (Å²) in [5.41, 5.74) is 5.52. The van der Waals surface area contributed by atoms with Gasteiger partial charge in [0.25, 0.3) is 0 Å². The Morgan fingerprint density at radius 3 is 2.43 bits per heavy atom. The standard InChI is InChI=1S/C19H24N2O2/c1-13-10-14(2)19(15(3)11-13)20-9-8-18(22)21-16-6-5-7-17(12-16)23-4/h5-7,10-12,20H,8-9H2,1-4H3,(H,21,22). The molecule has 4 nitrogen and oxygen atoms in total. The predicted molar refractivity (Wildman–Crippen MR) is 95.4 cm³/mol. The first-order valence-electron chi connectivity index (χ1n) is 7.75. The van der Waals surface area contributed by atoms with Gasteiger partial charge in [-0.15, -0.1) is 0 Å². The van der Waals surface area contributed by atoms with Crippen LogP contribution in [-0.4, -0.2) is 19.6 Å². The van der Waals surface area contributed by atoms with Gasteiger partial charge in [-0.3, -0.25) is 4.79 Å². The molecule has 0 aliphatic heterocycles. The average molecular weight is 312 g/mol. The zero-order chi connectivity index (χ0) is 16.8. The summed E-state index contributed by atoms with van der Waals surface area (Å²) in [7, 11) is 1.61. The second kappa shape index (κ2) is 7.68. The number of rotatable bonds is 6. The Bertz CT molecular complexity index is 673. The fourth-order valence-electron chi connectivity index (χ4n) is 2.68. The first kappa shape index (κ1) is 16.9. The molecule has 0 bridgehead atoms. The zero-order valence-corrected chi connectivity index (χ0v) is 14.2. The first-order valence-corrected chi connectivity index (χ1v) is 7.75. The molecule has 122 valence electrons. The van der Waals surface area contributed by atoms with Gasteiger partial charge in [0.1, 0.15) is 5.75 Å².